The van der Waals surface area contributed by atoms with Crippen LogP contribution >= 0.6 is 0 Å². The number of hydrogen-bond donors (Lipinski definition) is 1. The van der Waals surface area contributed by atoms with E-state index in [4.69, 9.17) is 0 Å². The topological polar surface area (TPSA) is 59.8 Å². The van der Waals surface area contributed by atoms with Crippen LogP contribution in [0.15, 0.2) is 36.7 Å². The fourth-order valence-electron chi connectivity index (χ4n) is 1.82. The van der Waals surface area contributed by atoms with Crippen LogP contribution in [0.1, 0.15) is 32.0 Å². The maximum atomic E-state index is 11.9. The molecule has 0 saturated heterocycles. The van der Waals surface area contributed by atoms with Crippen LogP contribution in [0.4, 0.5) is 5.82 Å². The molecular formula is C14H18N4O. The van der Waals surface area contributed by atoms with Crippen LogP contribution < -0.4 is 5.32 Å². The van der Waals surface area contributed by atoms with Gasteiger partial charge in [-0.3, -0.25) is 9.78 Å². The Morgan fingerprint density at radius 1 is 1.32 bits per heavy atom. The third-order valence-corrected chi connectivity index (χ3v) is 2.76. The Hall–Kier alpha value is -2.17. The van der Waals surface area contributed by atoms with E-state index in [1.165, 1.54) is 0 Å². The van der Waals surface area contributed by atoms with Gasteiger partial charge in [-0.1, -0.05) is 6.07 Å². The zero-order valence-electron chi connectivity index (χ0n) is 11.2. The summed E-state index contributed by atoms with van der Waals surface area (Å²) in [6.07, 6.45) is 4.48. The van der Waals surface area contributed by atoms with Gasteiger partial charge >= 0.3 is 0 Å². The lowest BCUT2D eigenvalue weighted by Crippen LogP contribution is -2.17. The van der Waals surface area contributed by atoms with Gasteiger partial charge in [0.25, 0.3) is 0 Å². The van der Waals surface area contributed by atoms with Crippen LogP contribution in [-0.4, -0.2) is 20.7 Å². The minimum absolute atomic E-state index is 0.0203. The molecule has 0 bridgehead atoms. The first-order chi connectivity index (χ1) is 9.16. The molecule has 1 amide bonds. The molecule has 0 saturated carbocycles. The van der Waals surface area contributed by atoms with Gasteiger partial charge in [-0.2, -0.15) is 5.10 Å². The van der Waals surface area contributed by atoms with E-state index >= 15 is 0 Å². The number of hydrogen-bond acceptors (Lipinski definition) is 3. The maximum Gasteiger partial charge on any atom is 0.225 e. The van der Waals surface area contributed by atoms with E-state index in [9.17, 15) is 4.79 Å². The molecule has 0 aliphatic rings. The van der Waals surface area contributed by atoms with E-state index in [-0.39, 0.29) is 11.9 Å². The number of amides is 1. The summed E-state index contributed by atoms with van der Waals surface area (Å²) in [6, 6.07) is 7.74. The number of carbonyl (C=O) groups excluding carboxylic acids is 1. The molecule has 0 radical (unpaired) electrons. The number of aryl methyl sites for hydroxylation is 1. The molecule has 1 N–H and O–H groups in total. The first-order valence-electron chi connectivity index (χ1n) is 6.40. The first-order valence-corrected chi connectivity index (χ1v) is 6.40. The van der Waals surface area contributed by atoms with E-state index in [2.05, 4.69) is 15.4 Å². The molecule has 0 aliphatic heterocycles. The number of nitrogens with one attached hydrogen (secondary N) is 1. The fourth-order valence-corrected chi connectivity index (χ4v) is 1.82. The summed E-state index contributed by atoms with van der Waals surface area (Å²) in [5, 5.41) is 7.05. The maximum absolute atomic E-state index is 11.9. The Kier molecular flexibility index (Phi) is 4.28. The lowest BCUT2D eigenvalue weighted by Gasteiger charge is -2.11. The Bertz CT molecular complexity index is 533. The average molecular weight is 258 g/mol. The van der Waals surface area contributed by atoms with Crippen molar-refractivity contribution >= 4 is 11.7 Å². The lowest BCUT2D eigenvalue weighted by atomic mass is 10.2. The molecule has 0 spiro atoms. The highest BCUT2D eigenvalue weighted by Gasteiger charge is 2.09. The second kappa shape index (κ2) is 6.13. The highest BCUT2D eigenvalue weighted by atomic mass is 16.1. The van der Waals surface area contributed by atoms with Gasteiger partial charge < -0.3 is 5.32 Å². The van der Waals surface area contributed by atoms with Gasteiger partial charge in [-0.15, -0.1) is 0 Å². The van der Waals surface area contributed by atoms with Gasteiger partial charge in [0.15, 0.2) is 0 Å². The highest BCUT2D eigenvalue weighted by molar-refractivity contribution is 5.89. The van der Waals surface area contributed by atoms with Gasteiger partial charge in [0.2, 0.25) is 5.91 Å². The second-order valence-electron chi connectivity index (χ2n) is 4.62. The van der Waals surface area contributed by atoms with Gasteiger partial charge in [0.1, 0.15) is 5.82 Å². The Morgan fingerprint density at radius 2 is 2.16 bits per heavy atom. The minimum atomic E-state index is -0.0203. The molecule has 0 fully saturated rings. The molecule has 19 heavy (non-hydrogen) atoms. The number of nitrogens with zero attached hydrogens (tertiary/aromatic N) is 3. The molecule has 2 aromatic heterocycles. The van der Waals surface area contributed by atoms with Crippen molar-refractivity contribution in [3.63, 3.8) is 0 Å². The van der Waals surface area contributed by atoms with Crippen LogP contribution in [-0.2, 0) is 11.2 Å². The zero-order valence-corrected chi connectivity index (χ0v) is 11.2. The molecule has 2 aromatic rings. The zero-order chi connectivity index (χ0) is 13.7. The third-order valence-electron chi connectivity index (χ3n) is 2.76. The molecule has 0 unspecified atom stereocenters. The highest BCUT2D eigenvalue weighted by Crippen LogP contribution is 2.13. The van der Waals surface area contributed by atoms with Crippen molar-refractivity contribution in [2.45, 2.75) is 32.7 Å². The van der Waals surface area contributed by atoms with Crippen molar-refractivity contribution in [1.82, 2.24) is 14.8 Å². The van der Waals surface area contributed by atoms with Crippen molar-refractivity contribution in [3.8, 4) is 0 Å². The monoisotopic (exact) mass is 258 g/mol. The first kappa shape index (κ1) is 13.3. The summed E-state index contributed by atoms with van der Waals surface area (Å²) < 4.78 is 1.79. The molecular weight excluding hydrogens is 240 g/mol. The summed E-state index contributed by atoms with van der Waals surface area (Å²) in [6.45, 7) is 4.05. The summed E-state index contributed by atoms with van der Waals surface area (Å²) in [5.41, 5.74) is 0.926. The summed E-state index contributed by atoms with van der Waals surface area (Å²) in [7, 11) is 0. The van der Waals surface area contributed by atoms with E-state index in [1.807, 2.05) is 32.0 Å². The number of aromatic nitrogens is 3. The molecule has 0 aromatic carbocycles. The van der Waals surface area contributed by atoms with Gasteiger partial charge in [0, 0.05) is 30.4 Å². The van der Waals surface area contributed by atoms with Crippen molar-refractivity contribution in [2.24, 2.45) is 0 Å². The SMILES string of the molecule is CC(C)n1nccc1NC(=O)CCc1ccccn1. The van der Waals surface area contributed by atoms with Gasteiger partial charge in [-0.05, 0) is 32.4 Å². The predicted molar refractivity (Wildman–Crippen MR) is 73.8 cm³/mol. The Morgan fingerprint density at radius 3 is 2.84 bits per heavy atom. The number of rotatable bonds is 5. The quantitative estimate of drug-likeness (QED) is 0.896. The van der Waals surface area contributed by atoms with Crippen molar-refractivity contribution in [1.29, 1.82) is 0 Å². The lowest BCUT2D eigenvalue weighted by molar-refractivity contribution is -0.116. The average Bonchev–Trinajstić information content (AvgIpc) is 2.86. The van der Waals surface area contributed by atoms with Crippen molar-refractivity contribution in [3.05, 3.63) is 42.4 Å². The molecule has 0 aliphatic carbocycles. The van der Waals surface area contributed by atoms with Crippen LogP contribution in [0.2, 0.25) is 0 Å². The second-order valence-corrected chi connectivity index (χ2v) is 4.62. The number of anilines is 1. The van der Waals surface area contributed by atoms with Crippen LogP contribution in [0.5, 0.6) is 0 Å². The van der Waals surface area contributed by atoms with E-state index in [1.54, 1.807) is 23.1 Å². The summed E-state index contributed by atoms with van der Waals surface area (Å²) >= 11 is 0. The Balaban J connectivity index is 1.89. The van der Waals surface area contributed by atoms with Crippen LogP contribution in [0.25, 0.3) is 0 Å². The molecule has 5 nitrogen and oxygen atoms in total. The van der Waals surface area contributed by atoms with Crippen LogP contribution in [0, 0.1) is 0 Å². The smallest absolute Gasteiger partial charge is 0.225 e. The standard InChI is InChI=1S/C14H18N4O/c1-11(2)18-13(8-10-16-18)17-14(19)7-6-12-5-3-4-9-15-12/h3-5,8-11H,6-7H2,1-2H3,(H,17,19). The molecule has 5 heteroatoms. The van der Waals surface area contributed by atoms with Crippen molar-refractivity contribution < 1.29 is 4.79 Å². The predicted octanol–water partition coefficient (Wildman–Crippen LogP) is 2.43. The summed E-state index contributed by atoms with van der Waals surface area (Å²) in [4.78, 5) is 16.1. The van der Waals surface area contributed by atoms with Gasteiger partial charge in [0.05, 0.1) is 6.20 Å². The third kappa shape index (κ3) is 3.64. The van der Waals surface area contributed by atoms with Gasteiger partial charge in [-0.25, -0.2) is 4.68 Å². The minimum Gasteiger partial charge on any atom is -0.311 e. The Labute approximate surface area is 112 Å². The largest absolute Gasteiger partial charge is 0.311 e. The molecule has 0 atom stereocenters. The van der Waals surface area contributed by atoms with E-state index in [0.29, 0.717) is 12.8 Å². The summed E-state index contributed by atoms with van der Waals surface area (Å²) in [5.74, 6) is 0.717. The molecule has 100 valence electrons. The molecule has 2 rings (SSSR count). The molecule has 2 heterocycles. The van der Waals surface area contributed by atoms with E-state index < -0.39 is 0 Å². The normalized spacial score (nSPS) is 10.7. The van der Waals surface area contributed by atoms with Crippen LogP contribution in [0.3, 0.4) is 0 Å². The number of carbonyl (C=O) groups is 1. The van der Waals surface area contributed by atoms with Crippen molar-refractivity contribution in [2.75, 3.05) is 5.32 Å². The van der Waals surface area contributed by atoms with E-state index in [0.717, 1.165) is 11.5 Å². The fraction of sp³-hybridized carbons (Fsp3) is 0.357. The number of pyridine rings is 1.